The van der Waals surface area contributed by atoms with Crippen LogP contribution in [-0.4, -0.2) is 63.0 Å². The maximum atomic E-state index is 5.70. The van der Waals surface area contributed by atoms with Crippen LogP contribution >= 0.6 is 0 Å². The summed E-state index contributed by atoms with van der Waals surface area (Å²) in [6.45, 7) is 9.33. The molecule has 0 saturated carbocycles. The smallest absolute Gasteiger partial charge is 0.0634 e. The summed E-state index contributed by atoms with van der Waals surface area (Å²) >= 11 is 0. The summed E-state index contributed by atoms with van der Waals surface area (Å²) in [6, 6.07) is 0.548. The van der Waals surface area contributed by atoms with Gasteiger partial charge in [0.2, 0.25) is 0 Å². The van der Waals surface area contributed by atoms with Gasteiger partial charge in [0.25, 0.3) is 0 Å². The van der Waals surface area contributed by atoms with E-state index >= 15 is 0 Å². The number of ether oxygens (including phenoxy) is 2. The molecule has 0 bridgehead atoms. The lowest BCUT2D eigenvalue weighted by Crippen LogP contribution is -2.51. The van der Waals surface area contributed by atoms with Crippen molar-refractivity contribution in [3.8, 4) is 0 Å². The standard InChI is InChI=1S/C14H28N2O2/c1-2-6-15-11-13-12-17-10-8-16(13)7-5-14-4-3-9-18-14/h13-15H,2-12H2,1H3. The maximum absolute atomic E-state index is 5.70. The van der Waals surface area contributed by atoms with E-state index in [0.717, 1.165) is 46.0 Å². The van der Waals surface area contributed by atoms with Crippen molar-refractivity contribution in [3.63, 3.8) is 0 Å². The molecule has 0 amide bonds. The molecule has 2 atom stereocenters. The maximum Gasteiger partial charge on any atom is 0.0634 e. The van der Waals surface area contributed by atoms with E-state index in [-0.39, 0.29) is 0 Å². The van der Waals surface area contributed by atoms with E-state index in [1.165, 1.54) is 25.7 Å². The van der Waals surface area contributed by atoms with Crippen molar-refractivity contribution in [2.45, 2.75) is 44.8 Å². The van der Waals surface area contributed by atoms with Gasteiger partial charge in [0.1, 0.15) is 0 Å². The van der Waals surface area contributed by atoms with Gasteiger partial charge in [-0.2, -0.15) is 0 Å². The van der Waals surface area contributed by atoms with E-state index in [1.54, 1.807) is 0 Å². The number of hydrogen-bond acceptors (Lipinski definition) is 4. The summed E-state index contributed by atoms with van der Waals surface area (Å²) < 4.78 is 11.3. The highest BCUT2D eigenvalue weighted by atomic mass is 16.5. The van der Waals surface area contributed by atoms with E-state index in [0.29, 0.717) is 12.1 Å². The average molecular weight is 256 g/mol. The Labute approximate surface area is 111 Å². The lowest BCUT2D eigenvalue weighted by molar-refractivity contribution is -0.0140. The molecule has 0 radical (unpaired) electrons. The number of nitrogens with one attached hydrogen (secondary N) is 1. The molecule has 2 aliphatic heterocycles. The SMILES string of the molecule is CCCNCC1COCCN1CCC1CCCO1. The van der Waals surface area contributed by atoms with E-state index < -0.39 is 0 Å². The molecule has 2 saturated heterocycles. The number of hydrogen-bond donors (Lipinski definition) is 1. The van der Waals surface area contributed by atoms with Crippen LogP contribution in [0.5, 0.6) is 0 Å². The lowest BCUT2D eigenvalue weighted by atomic mass is 10.1. The summed E-state index contributed by atoms with van der Waals surface area (Å²) in [5, 5.41) is 3.51. The molecular weight excluding hydrogens is 228 g/mol. The third-order valence-electron chi connectivity index (χ3n) is 3.92. The molecule has 2 unspecified atom stereocenters. The van der Waals surface area contributed by atoms with Crippen LogP contribution in [0.3, 0.4) is 0 Å². The second-order valence-corrected chi connectivity index (χ2v) is 5.39. The van der Waals surface area contributed by atoms with Gasteiger partial charge in [0, 0.05) is 32.3 Å². The molecule has 4 nitrogen and oxygen atoms in total. The topological polar surface area (TPSA) is 33.7 Å². The quantitative estimate of drug-likeness (QED) is 0.695. The van der Waals surface area contributed by atoms with E-state index in [2.05, 4.69) is 17.1 Å². The van der Waals surface area contributed by atoms with Crippen molar-refractivity contribution in [2.75, 3.05) is 46.0 Å². The molecule has 0 aromatic heterocycles. The minimum Gasteiger partial charge on any atom is -0.378 e. The summed E-state index contributed by atoms with van der Waals surface area (Å²) in [5.74, 6) is 0. The fourth-order valence-electron chi connectivity index (χ4n) is 2.80. The van der Waals surface area contributed by atoms with E-state index in [4.69, 9.17) is 9.47 Å². The van der Waals surface area contributed by atoms with Crippen LogP contribution in [0, 0.1) is 0 Å². The minimum atomic E-state index is 0.511. The van der Waals surface area contributed by atoms with Crippen LogP contribution in [0.2, 0.25) is 0 Å². The third kappa shape index (κ3) is 4.50. The van der Waals surface area contributed by atoms with Gasteiger partial charge in [0.05, 0.1) is 19.3 Å². The van der Waals surface area contributed by atoms with Gasteiger partial charge in [0.15, 0.2) is 0 Å². The van der Waals surface area contributed by atoms with Crippen LogP contribution in [0.1, 0.15) is 32.6 Å². The first-order chi connectivity index (χ1) is 8.90. The Kier molecular flexibility index (Phi) is 6.41. The van der Waals surface area contributed by atoms with Gasteiger partial charge in [-0.25, -0.2) is 0 Å². The molecule has 106 valence electrons. The van der Waals surface area contributed by atoms with Gasteiger partial charge in [-0.15, -0.1) is 0 Å². The Morgan fingerprint density at radius 3 is 3.06 bits per heavy atom. The predicted molar refractivity (Wildman–Crippen MR) is 72.9 cm³/mol. The molecule has 4 heteroatoms. The monoisotopic (exact) mass is 256 g/mol. The molecule has 2 heterocycles. The summed E-state index contributed by atoms with van der Waals surface area (Å²) in [5.41, 5.74) is 0. The van der Waals surface area contributed by atoms with Crippen molar-refractivity contribution in [2.24, 2.45) is 0 Å². The number of morpholine rings is 1. The normalized spacial score (nSPS) is 29.8. The first-order valence-corrected chi connectivity index (χ1v) is 7.54. The summed E-state index contributed by atoms with van der Waals surface area (Å²) in [7, 11) is 0. The van der Waals surface area contributed by atoms with Crippen molar-refractivity contribution >= 4 is 0 Å². The molecule has 18 heavy (non-hydrogen) atoms. The minimum absolute atomic E-state index is 0.511. The molecule has 2 rings (SSSR count). The Morgan fingerprint density at radius 1 is 1.33 bits per heavy atom. The zero-order chi connectivity index (χ0) is 12.6. The largest absolute Gasteiger partial charge is 0.378 e. The highest BCUT2D eigenvalue weighted by Gasteiger charge is 2.24. The molecule has 1 N–H and O–H groups in total. The number of nitrogens with zero attached hydrogens (tertiary/aromatic N) is 1. The van der Waals surface area contributed by atoms with Crippen LogP contribution in [0.15, 0.2) is 0 Å². The molecule has 0 aromatic rings. The summed E-state index contributed by atoms with van der Waals surface area (Å²) in [6.07, 6.45) is 5.39. The molecular formula is C14H28N2O2. The highest BCUT2D eigenvalue weighted by molar-refractivity contribution is 4.79. The lowest BCUT2D eigenvalue weighted by Gasteiger charge is -2.36. The molecule has 2 aliphatic rings. The van der Waals surface area contributed by atoms with Crippen LogP contribution in [0.25, 0.3) is 0 Å². The van der Waals surface area contributed by atoms with Crippen molar-refractivity contribution in [1.82, 2.24) is 10.2 Å². The molecule has 2 fully saturated rings. The van der Waals surface area contributed by atoms with Gasteiger partial charge in [-0.1, -0.05) is 6.92 Å². The van der Waals surface area contributed by atoms with E-state index in [9.17, 15) is 0 Å². The van der Waals surface area contributed by atoms with Crippen molar-refractivity contribution in [1.29, 1.82) is 0 Å². The fraction of sp³-hybridized carbons (Fsp3) is 1.00. The van der Waals surface area contributed by atoms with Crippen LogP contribution in [0.4, 0.5) is 0 Å². The van der Waals surface area contributed by atoms with Crippen LogP contribution < -0.4 is 5.32 Å². The second-order valence-electron chi connectivity index (χ2n) is 5.39. The Hall–Kier alpha value is -0.160. The molecule has 0 aliphatic carbocycles. The predicted octanol–water partition coefficient (Wildman–Crippen LogP) is 1.26. The Balaban J connectivity index is 1.68. The molecule has 0 aromatic carbocycles. The highest BCUT2D eigenvalue weighted by Crippen LogP contribution is 2.17. The Bertz CT molecular complexity index is 220. The zero-order valence-corrected chi connectivity index (χ0v) is 11.7. The third-order valence-corrected chi connectivity index (χ3v) is 3.92. The van der Waals surface area contributed by atoms with Gasteiger partial charge >= 0.3 is 0 Å². The van der Waals surface area contributed by atoms with Crippen molar-refractivity contribution in [3.05, 3.63) is 0 Å². The first kappa shape index (κ1) is 14.3. The van der Waals surface area contributed by atoms with E-state index in [1.807, 2.05) is 0 Å². The number of rotatable bonds is 7. The summed E-state index contributed by atoms with van der Waals surface area (Å²) in [4.78, 5) is 2.58. The van der Waals surface area contributed by atoms with Gasteiger partial charge in [-0.05, 0) is 32.2 Å². The zero-order valence-electron chi connectivity index (χ0n) is 11.7. The van der Waals surface area contributed by atoms with Crippen molar-refractivity contribution < 1.29 is 9.47 Å². The Morgan fingerprint density at radius 2 is 2.28 bits per heavy atom. The second kappa shape index (κ2) is 8.10. The first-order valence-electron chi connectivity index (χ1n) is 7.54. The average Bonchev–Trinajstić information content (AvgIpc) is 2.91. The fourth-order valence-corrected chi connectivity index (χ4v) is 2.80. The van der Waals surface area contributed by atoms with Gasteiger partial charge < -0.3 is 14.8 Å². The van der Waals surface area contributed by atoms with Gasteiger partial charge in [-0.3, -0.25) is 4.90 Å². The molecule has 0 spiro atoms. The van der Waals surface area contributed by atoms with Crippen LogP contribution in [-0.2, 0) is 9.47 Å².